The first-order chi connectivity index (χ1) is 12.6. The summed E-state index contributed by atoms with van der Waals surface area (Å²) in [5.74, 6) is -0.0764. The van der Waals surface area contributed by atoms with Crippen LogP contribution >= 0.6 is 0 Å². The lowest BCUT2D eigenvalue weighted by molar-refractivity contribution is -0.134. The highest BCUT2D eigenvalue weighted by Gasteiger charge is 2.29. The number of rotatable bonds is 4. The van der Waals surface area contributed by atoms with Gasteiger partial charge in [0.1, 0.15) is 6.04 Å². The highest BCUT2D eigenvalue weighted by atomic mass is 16.2. The van der Waals surface area contributed by atoms with E-state index in [0.717, 1.165) is 18.7 Å². The van der Waals surface area contributed by atoms with Crippen molar-refractivity contribution in [2.75, 3.05) is 38.5 Å². The molecule has 2 N–H and O–H groups in total. The average Bonchev–Trinajstić information content (AvgIpc) is 2.68. The average molecular weight is 352 g/mol. The molecule has 1 aliphatic heterocycles. The molecule has 1 saturated heterocycles. The Morgan fingerprint density at radius 2 is 1.46 bits per heavy atom. The Morgan fingerprint density at radius 1 is 0.885 bits per heavy atom. The van der Waals surface area contributed by atoms with Gasteiger partial charge in [-0.3, -0.25) is 4.79 Å². The smallest absolute Gasteiger partial charge is 0.320 e. The number of carbonyl (C=O) groups is 2. The molecule has 3 amide bonds. The minimum atomic E-state index is -0.705. The van der Waals surface area contributed by atoms with Gasteiger partial charge in [0.25, 0.3) is 0 Å². The van der Waals surface area contributed by atoms with Crippen molar-refractivity contribution in [3.05, 3.63) is 66.2 Å². The minimum Gasteiger partial charge on any atom is -0.338 e. The Kier molecular flexibility index (Phi) is 5.86. The van der Waals surface area contributed by atoms with E-state index >= 15 is 0 Å². The van der Waals surface area contributed by atoms with Gasteiger partial charge in [-0.25, -0.2) is 4.79 Å². The number of para-hydroxylation sites is 1. The van der Waals surface area contributed by atoms with Gasteiger partial charge in [-0.15, -0.1) is 0 Å². The van der Waals surface area contributed by atoms with Crippen LogP contribution in [0.4, 0.5) is 10.5 Å². The van der Waals surface area contributed by atoms with Gasteiger partial charge < -0.3 is 20.4 Å². The van der Waals surface area contributed by atoms with Gasteiger partial charge in [0.15, 0.2) is 0 Å². The van der Waals surface area contributed by atoms with E-state index in [1.807, 2.05) is 60.5 Å². The Balaban J connectivity index is 1.73. The quantitative estimate of drug-likeness (QED) is 0.888. The molecular formula is C20H24N4O2. The van der Waals surface area contributed by atoms with E-state index in [1.54, 1.807) is 12.1 Å². The number of amides is 3. The Labute approximate surface area is 153 Å². The Hall–Kier alpha value is -2.86. The molecule has 0 radical (unpaired) electrons. The van der Waals surface area contributed by atoms with Gasteiger partial charge in [0, 0.05) is 31.9 Å². The lowest BCUT2D eigenvalue weighted by Crippen LogP contribution is -2.51. The number of piperazine rings is 1. The number of nitrogens with zero attached hydrogens (tertiary/aromatic N) is 2. The predicted octanol–water partition coefficient (Wildman–Crippen LogP) is 2.32. The van der Waals surface area contributed by atoms with Crippen molar-refractivity contribution in [3.63, 3.8) is 0 Å². The van der Waals surface area contributed by atoms with E-state index in [1.165, 1.54) is 0 Å². The SMILES string of the molecule is CN1CCN(C(=O)[C@@H](NC(=O)Nc2ccccc2)c2ccccc2)CC1. The van der Waals surface area contributed by atoms with Crippen LogP contribution in [0.25, 0.3) is 0 Å². The number of nitrogens with one attached hydrogen (secondary N) is 2. The van der Waals surface area contributed by atoms with Crippen molar-refractivity contribution in [1.29, 1.82) is 0 Å². The molecule has 0 aromatic heterocycles. The number of carbonyl (C=O) groups excluding carboxylic acids is 2. The van der Waals surface area contributed by atoms with Crippen LogP contribution in [0.15, 0.2) is 60.7 Å². The third-order valence-electron chi connectivity index (χ3n) is 4.50. The monoisotopic (exact) mass is 352 g/mol. The molecule has 2 aromatic rings. The first-order valence-electron chi connectivity index (χ1n) is 8.78. The fourth-order valence-electron chi connectivity index (χ4n) is 2.96. The van der Waals surface area contributed by atoms with Crippen LogP contribution in [0.2, 0.25) is 0 Å². The number of anilines is 1. The maximum absolute atomic E-state index is 13.1. The van der Waals surface area contributed by atoms with Crippen molar-refractivity contribution in [2.24, 2.45) is 0 Å². The van der Waals surface area contributed by atoms with Crippen molar-refractivity contribution < 1.29 is 9.59 Å². The van der Waals surface area contributed by atoms with Crippen LogP contribution < -0.4 is 10.6 Å². The van der Waals surface area contributed by atoms with Gasteiger partial charge in [0.05, 0.1) is 0 Å². The summed E-state index contributed by atoms with van der Waals surface area (Å²) in [6, 6.07) is 17.4. The number of urea groups is 1. The lowest BCUT2D eigenvalue weighted by Gasteiger charge is -2.34. The molecule has 0 aliphatic carbocycles. The van der Waals surface area contributed by atoms with Crippen molar-refractivity contribution in [2.45, 2.75) is 6.04 Å². The summed E-state index contributed by atoms with van der Waals surface area (Å²) >= 11 is 0. The molecule has 1 atom stereocenters. The molecule has 0 bridgehead atoms. The van der Waals surface area contributed by atoms with Gasteiger partial charge in [0.2, 0.25) is 5.91 Å². The first kappa shape index (κ1) is 17.9. The molecule has 6 heteroatoms. The van der Waals surface area contributed by atoms with Crippen LogP contribution in [-0.4, -0.2) is 55.0 Å². The summed E-state index contributed by atoms with van der Waals surface area (Å²) in [4.78, 5) is 29.5. The number of likely N-dealkylation sites (N-methyl/N-ethyl adjacent to an activating group) is 1. The molecule has 3 rings (SSSR count). The summed E-state index contributed by atoms with van der Waals surface area (Å²) < 4.78 is 0. The molecule has 1 aliphatic rings. The molecule has 0 saturated carbocycles. The van der Waals surface area contributed by atoms with E-state index in [2.05, 4.69) is 15.5 Å². The van der Waals surface area contributed by atoms with Gasteiger partial charge in [-0.1, -0.05) is 48.5 Å². The Bertz CT molecular complexity index is 728. The van der Waals surface area contributed by atoms with Crippen molar-refractivity contribution >= 4 is 17.6 Å². The van der Waals surface area contributed by atoms with E-state index in [4.69, 9.17) is 0 Å². The third kappa shape index (κ3) is 4.61. The van der Waals surface area contributed by atoms with Gasteiger partial charge >= 0.3 is 6.03 Å². The molecule has 6 nitrogen and oxygen atoms in total. The normalized spacial score (nSPS) is 16.0. The summed E-state index contributed by atoms with van der Waals surface area (Å²) in [5.41, 5.74) is 1.46. The van der Waals surface area contributed by atoms with Crippen molar-refractivity contribution in [1.82, 2.24) is 15.1 Å². The molecule has 0 unspecified atom stereocenters. The van der Waals surface area contributed by atoms with Crippen LogP contribution in [0.3, 0.4) is 0 Å². The van der Waals surface area contributed by atoms with E-state index in [0.29, 0.717) is 18.8 Å². The molecule has 2 aromatic carbocycles. The zero-order valence-electron chi connectivity index (χ0n) is 14.9. The summed E-state index contributed by atoms with van der Waals surface area (Å²) in [6.45, 7) is 3.01. The second-order valence-corrected chi connectivity index (χ2v) is 6.44. The standard InChI is InChI=1S/C20H24N4O2/c1-23-12-14-24(15-13-23)19(25)18(16-8-4-2-5-9-16)22-20(26)21-17-10-6-3-7-11-17/h2-11,18H,12-15H2,1H3,(H2,21,22,26)/t18-/m0/s1. The van der Waals surface area contributed by atoms with Crippen molar-refractivity contribution in [3.8, 4) is 0 Å². The van der Waals surface area contributed by atoms with E-state index in [9.17, 15) is 9.59 Å². The van der Waals surface area contributed by atoms with E-state index in [-0.39, 0.29) is 5.91 Å². The zero-order chi connectivity index (χ0) is 18.4. The second kappa shape index (κ2) is 8.49. The topological polar surface area (TPSA) is 64.7 Å². The second-order valence-electron chi connectivity index (χ2n) is 6.44. The first-order valence-corrected chi connectivity index (χ1v) is 8.78. The lowest BCUT2D eigenvalue weighted by atomic mass is 10.1. The molecule has 1 fully saturated rings. The van der Waals surface area contributed by atoms with Gasteiger partial charge in [-0.05, 0) is 24.7 Å². The largest absolute Gasteiger partial charge is 0.338 e. The van der Waals surface area contributed by atoms with Crippen LogP contribution in [0, 0.1) is 0 Å². The summed E-state index contributed by atoms with van der Waals surface area (Å²) in [7, 11) is 2.04. The number of hydrogen-bond donors (Lipinski definition) is 2. The van der Waals surface area contributed by atoms with Crippen LogP contribution in [0.1, 0.15) is 11.6 Å². The molecule has 0 spiro atoms. The number of hydrogen-bond acceptors (Lipinski definition) is 3. The van der Waals surface area contributed by atoms with Crippen LogP contribution in [0.5, 0.6) is 0 Å². The highest BCUT2D eigenvalue weighted by molar-refractivity contribution is 5.94. The highest BCUT2D eigenvalue weighted by Crippen LogP contribution is 2.17. The fraction of sp³-hybridized carbons (Fsp3) is 0.300. The minimum absolute atomic E-state index is 0.0764. The maximum Gasteiger partial charge on any atom is 0.320 e. The molecular weight excluding hydrogens is 328 g/mol. The summed E-state index contributed by atoms with van der Waals surface area (Å²) in [5, 5.41) is 5.61. The molecule has 1 heterocycles. The van der Waals surface area contributed by atoms with Crippen LogP contribution in [-0.2, 0) is 4.79 Å². The molecule has 136 valence electrons. The Morgan fingerprint density at radius 3 is 2.08 bits per heavy atom. The predicted molar refractivity (Wildman–Crippen MR) is 102 cm³/mol. The zero-order valence-corrected chi connectivity index (χ0v) is 14.9. The third-order valence-corrected chi connectivity index (χ3v) is 4.50. The molecule has 26 heavy (non-hydrogen) atoms. The van der Waals surface area contributed by atoms with E-state index < -0.39 is 12.1 Å². The number of benzene rings is 2. The van der Waals surface area contributed by atoms with Gasteiger partial charge in [-0.2, -0.15) is 0 Å². The maximum atomic E-state index is 13.1. The fourth-order valence-corrected chi connectivity index (χ4v) is 2.96. The summed E-state index contributed by atoms with van der Waals surface area (Å²) in [6.07, 6.45) is 0.